The number of guanidine groups is 3. The summed E-state index contributed by atoms with van der Waals surface area (Å²) in [4.78, 5) is 13.3. The van der Waals surface area contributed by atoms with Crippen LogP contribution in [0.25, 0.3) is 16.0 Å². The van der Waals surface area contributed by atoms with Crippen molar-refractivity contribution in [3.63, 3.8) is 0 Å². The Morgan fingerprint density at radius 3 is 0.842 bits per heavy atom. The van der Waals surface area contributed by atoms with E-state index in [-0.39, 0.29) is 71.8 Å². The summed E-state index contributed by atoms with van der Waals surface area (Å²) in [6, 6.07) is 23.8. The van der Waals surface area contributed by atoms with Gasteiger partial charge in [-0.3, -0.25) is 0 Å². The van der Waals surface area contributed by atoms with Gasteiger partial charge >= 0.3 is 35.6 Å². The van der Waals surface area contributed by atoms with Crippen LogP contribution in [0, 0.1) is 35.6 Å². The molecule has 0 spiro atoms. The van der Waals surface area contributed by atoms with Gasteiger partial charge in [-0.15, -0.1) is 0 Å². The third-order valence-corrected chi connectivity index (χ3v) is 7.17. The molecule has 0 atom stereocenters. The van der Waals surface area contributed by atoms with Crippen LogP contribution in [0.1, 0.15) is 95.9 Å². The summed E-state index contributed by atoms with van der Waals surface area (Å²) in [5.74, 6) is 1.99. The summed E-state index contributed by atoms with van der Waals surface area (Å²) in [5, 5.41) is 25.1. The number of aliphatic imine (C=N–C) groups is 3. The van der Waals surface area contributed by atoms with E-state index < -0.39 is 0 Å². The Balaban J connectivity index is 0.000000768. The number of benzene rings is 3. The van der Waals surface area contributed by atoms with Gasteiger partial charge in [-0.1, -0.05) is 154 Å². The first kappa shape index (κ1) is 54.5. The summed E-state index contributed by atoms with van der Waals surface area (Å²) in [7, 11) is 0. The van der Waals surface area contributed by atoms with Gasteiger partial charge in [0, 0.05) is 46.2 Å². The van der Waals surface area contributed by atoms with Crippen molar-refractivity contribution in [1.82, 2.24) is 0 Å². The van der Waals surface area contributed by atoms with Gasteiger partial charge < -0.3 is 51.6 Å². The molecule has 0 aromatic heterocycles. The Labute approximate surface area is 387 Å². The first-order valence-corrected chi connectivity index (χ1v) is 20.6. The van der Waals surface area contributed by atoms with Crippen LogP contribution in [0.2, 0.25) is 15.1 Å². The predicted molar refractivity (Wildman–Crippen MR) is 248 cm³/mol. The van der Waals surface area contributed by atoms with Gasteiger partial charge in [0.25, 0.3) is 0 Å². The molecule has 4 rings (SSSR count). The Bertz CT molecular complexity index is 1370. The van der Waals surface area contributed by atoms with Crippen LogP contribution in [0.15, 0.2) is 87.8 Å². The molecule has 57 heavy (non-hydrogen) atoms. The maximum atomic E-state index is 5.84. The van der Waals surface area contributed by atoms with Gasteiger partial charge in [0.05, 0.1) is 0 Å². The second kappa shape index (κ2) is 31.4. The Kier molecular flexibility index (Phi) is 30.0. The molecule has 3 aromatic rings. The molecule has 0 bridgehead atoms. The second-order valence-corrected chi connectivity index (χ2v) is 15.8. The number of anilines is 3. The van der Waals surface area contributed by atoms with Crippen molar-refractivity contribution in [3.8, 4) is 0 Å². The topological polar surface area (TPSA) is 125 Å². The van der Waals surface area contributed by atoms with Crippen LogP contribution in [0.4, 0.5) is 17.1 Å². The summed E-state index contributed by atoms with van der Waals surface area (Å²) in [6.07, 6.45) is 2.56. The number of nitrogens with zero attached hydrogens (tertiary/aromatic N) is 6. The minimum atomic E-state index is 0. The first-order chi connectivity index (χ1) is 26.4. The van der Waals surface area contributed by atoms with Crippen molar-refractivity contribution in [2.45, 2.75) is 132 Å². The molecular formula is C43H65Cl3LaN9O. The molecule has 1 aliphatic rings. The normalized spacial score (nSPS) is 12.9. The quantitative estimate of drug-likeness (QED) is 0.146. The van der Waals surface area contributed by atoms with Crippen molar-refractivity contribution in [2.75, 3.05) is 29.2 Å². The van der Waals surface area contributed by atoms with Crippen molar-refractivity contribution < 1.29 is 40.3 Å². The second-order valence-electron chi connectivity index (χ2n) is 14.5. The number of rotatable bonds is 9. The number of nitrogens with one attached hydrogen (secondary N) is 3. The summed E-state index contributed by atoms with van der Waals surface area (Å²) >= 11 is 17.5. The fourth-order valence-electron chi connectivity index (χ4n) is 4.26. The van der Waals surface area contributed by atoms with E-state index in [4.69, 9.17) is 39.5 Å². The summed E-state index contributed by atoms with van der Waals surface area (Å²) in [6.45, 7) is 26.3. The molecule has 3 aromatic carbocycles. The van der Waals surface area contributed by atoms with E-state index in [0.29, 0.717) is 17.9 Å². The molecule has 1 aliphatic heterocycles. The molecule has 312 valence electrons. The van der Waals surface area contributed by atoms with E-state index in [0.717, 1.165) is 45.3 Å². The van der Waals surface area contributed by atoms with E-state index in [1.165, 1.54) is 12.8 Å². The van der Waals surface area contributed by atoms with Gasteiger partial charge in [-0.25, -0.2) is 0 Å². The average molecular weight is 969 g/mol. The Hall–Kier alpha value is -2.51. The third-order valence-electron chi connectivity index (χ3n) is 6.41. The van der Waals surface area contributed by atoms with Gasteiger partial charge in [0.15, 0.2) is 0 Å². The molecule has 14 heteroatoms. The molecule has 0 amide bonds. The maximum Gasteiger partial charge on any atom is 3.00 e. The summed E-state index contributed by atoms with van der Waals surface area (Å²) < 4.78 is 4.94. The van der Waals surface area contributed by atoms with Crippen molar-refractivity contribution in [2.24, 2.45) is 15.0 Å². The number of ether oxygens (including phenoxy) is 1. The Morgan fingerprint density at radius 2 is 0.684 bits per heavy atom. The minimum Gasteiger partial charge on any atom is -0.412 e. The molecule has 3 N–H and O–H groups in total. The zero-order valence-electron chi connectivity index (χ0n) is 36.0. The van der Waals surface area contributed by atoms with Gasteiger partial charge in [0.1, 0.15) is 0 Å². The maximum absolute atomic E-state index is 5.84. The average Bonchev–Trinajstić information content (AvgIpc) is 3.68. The molecule has 1 fully saturated rings. The van der Waals surface area contributed by atoms with E-state index in [1.54, 1.807) is 0 Å². The van der Waals surface area contributed by atoms with Crippen LogP contribution < -0.4 is 16.0 Å². The molecular weight excluding hydrogens is 904 g/mol. The standard InChI is InChI=1S/3C13H19ClN3.C4H8O.La/c3*1-9(2)15-13(16-10(3)4)17-12-7-5-11(14)6-8-12;1-2-4-5-3-1;/h3*5-10H,1-4H3,(H-,15,16,17);1-4H2;/q3*-1;;+3. The van der Waals surface area contributed by atoms with E-state index >= 15 is 0 Å². The van der Waals surface area contributed by atoms with Crippen molar-refractivity contribution in [3.05, 3.63) is 104 Å². The SMILES string of the molecule is C1CCOC1.CC(C)N=C([N-]C(C)C)Nc1ccc(Cl)cc1.CC(C)N=C([N-]C(C)C)Nc1ccc(Cl)cc1.CC(C)N=C([N-]C(C)C)Nc1ccc(Cl)cc1.[La+3]. The third kappa shape index (κ3) is 30.2. The summed E-state index contributed by atoms with van der Waals surface area (Å²) in [5.41, 5.74) is 2.83. The first-order valence-electron chi connectivity index (χ1n) is 19.4. The molecule has 0 unspecified atom stereocenters. The molecule has 10 nitrogen and oxygen atoms in total. The van der Waals surface area contributed by atoms with Crippen LogP contribution in [0.5, 0.6) is 0 Å². The molecule has 0 aliphatic carbocycles. The minimum absolute atomic E-state index is 0. The van der Waals surface area contributed by atoms with Crippen molar-refractivity contribution >= 4 is 69.7 Å². The Morgan fingerprint density at radius 1 is 0.456 bits per heavy atom. The number of hydrogen-bond acceptors (Lipinski definition) is 4. The number of halogens is 3. The van der Waals surface area contributed by atoms with Gasteiger partial charge in [0.2, 0.25) is 0 Å². The molecule has 0 saturated carbocycles. The van der Waals surface area contributed by atoms with Crippen LogP contribution in [0.3, 0.4) is 0 Å². The van der Waals surface area contributed by atoms with Gasteiger partial charge in [-0.2, -0.15) is 0 Å². The van der Waals surface area contributed by atoms with Crippen molar-refractivity contribution in [1.29, 1.82) is 0 Å². The zero-order chi connectivity index (χ0) is 42.0. The number of hydrogen-bond donors (Lipinski definition) is 3. The molecule has 1 saturated heterocycles. The predicted octanol–water partition coefficient (Wildman–Crippen LogP) is 13.7. The fraction of sp³-hybridized carbons (Fsp3) is 0.512. The fourth-order valence-corrected chi connectivity index (χ4v) is 4.64. The van der Waals surface area contributed by atoms with Crippen LogP contribution >= 0.6 is 34.8 Å². The van der Waals surface area contributed by atoms with E-state index in [1.807, 2.05) is 156 Å². The monoisotopic (exact) mass is 967 g/mol. The van der Waals surface area contributed by atoms with Gasteiger partial charge in [-0.05, 0) is 103 Å². The zero-order valence-corrected chi connectivity index (χ0v) is 41.9. The largest absolute Gasteiger partial charge is 3.00 e. The van der Waals surface area contributed by atoms with E-state index in [2.05, 4.69) is 46.9 Å². The molecule has 1 heterocycles. The molecule has 0 radical (unpaired) electrons. The smallest absolute Gasteiger partial charge is 0.412 e. The van der Waals surface area contributed by atoms with Crippen LogP contribution in [-0.4, -0.2) is 67.3 Å². The van der Waals surface area contributed by atoms with E-state index in [9.17, 15) is 0 Å². The van der Waals surface area contributed by atoms with Crippen LogP contribution in [-0.2, 0) is 4.74 Å².